The molecular weight excluding hydrogens is 342 g/mol. The number of methoxy groups -OCH3 is 1. The molecule has 0 unspecified atom stereocenters. The van der Waals surface area contributed by atoms with Crippen LogP contribution in [0.3, 0.4) is 0 Å². The van der Waals surface area contributed by atoms with E-state index in [1.54, 1.807) is 63.6 Å². The molecule has 7 nitrogen and oxygen atoms in total. The summed E-state index contributed by atoms with van der Waals surface area (Å²) in [5, 5.41) is 0. The molecule has 1 N–H and O–H groups in total. The zero-order chi connectivity index (χ0) is 18.3. The predicted octanol–water partition coefficient (Wildman–Crippen LogP) is 2.56. The maximum Gasteiger partial charge on any atom is 0.279 e. The molecule has 0 radical (unpaired) electrons. The number of hydrogen-bond acceptors (Lipinski definition) is 5. The Kier molecular flexibility index (Phi) is 6.74. The second kappa shape index (κ2) is 8.80. The van der Waals surface area contributed by atoms with E-state index in [1.165, 1.54) is 4.31 Å². The van der Waals surface area contributed by atoms with E-state index in [1.807, 2.05) is 0 Å². The summed E-state index contributed by atoms with van der Waals surface area (Å²) in [6, 6.07) is 10.6. The van der Waals surface area contributed by atoms with Gasteiger partial charge in [0.15, 0.2) is 0 Å². The summed E-state index contributed by atoms with van der Waals surface area (Å²) in [6.07, 6.45) is 1.58. The Morgan fingerprint density at radius 1 is 1.08 bits per heavy atom. The number of benzene rings is 1. The van der Waals surface area contributed by atoms with E-state index in [9.17, 15) is 8.42 Å². The van der Waals surface area contributed by atoms with Crippen LogP contribution in [0.15, 0.2) is 42.6 Å². The van der Waals surface area contributed by atoms with Gasteiger partial charge in [0.1, 0.15) is 11.5 Å². The van der Waals surface area contributed by atoms with E-state index in [4.69, 9.17) is 9.47 Å². The van der Waals surface area contributed by atoms with Gasteiger partial charge in [0.05, 0.1) is 7.11 Å². The van der Waals surface area contributed by atoms with Crippen molar-refractivity contribution in [3.63, 3.8) is 0 Å². The van der Waals surface area contributed by atoms with Gasteiger partial charge in [0, 0.05) is 31.9 Å². The molecule has 0 saturated carbocycles. The molecule has 8 heteroatoms. The second-order valence-electron chi connectivity index (χ2n) is 5.19. The monoisotopic (exact) mass is 365 g/mol. The largest absolute Gasteiger partial charge is 0.497 e. The van der Waals surface area contributed by atoms with E-state index in [-0.39, 0.29) is 6.54 Å². The lowest BCUT2D eigenvalue weighted by Gasteiger charge is -2.18. The molecule has 0 bridgehead atoms. The molecule has 0 saturated heterocycles. The molecule has 2 aromatic rings. The SMILES string of the molecule is CCN(CC)S(=O)(=O)NCc1ccnc(Oc2ccc(OC)cc2)c1. The first-order valence-corrected chi connectivity index (χ1v) is 9.44. The lowest BCUT2D eigenvalue weighted by Crippen LogP contribution is -2.40. The smallest absolute Gasteiger partial charge is 0.279 e. The highest BCUT2D eigenvalue weighted by atomic mass is 32.2. The van der Waals surface area contributed by atoms with E-state index in [2.05, 4.69) is 9.71 Å². The molecule has 0 aliphatic rings. The summed E-state index contributed by atoms with van der Waals surface area (Å²) in [5.74, 6) is 1.75. The average Bonchev–Trinajstić information content (AvgIpc) is 2.62. The Morgan fingerprint density at radius 3 is 2.32 bits per heavy atom. The molecule has 25 heavy (non-hydrogen) atoms. The van der Waals surface area contributed by atoms with Crippen LogP contribution in [0, 0.1) is 0 Å². The summed E-state index contributed by atoms with van der Waals surface area (Å²) in [4.78, 5) is 4.15. The second-order valence-corrected chi connectivity index (χ2v) is 6.95. The maximum atomic E-state index is 12.2. The van der Waals surface area contributed by atoms with Gasteiger partial charge in [-0.1, -0.05) is 13.8 Å². The molecular formula is C17H23N3O4S. The van der Waals surface area contributed by atoms with Gasteiger partial charge in [0.25, 0.3) is 10.2 Å². The number of nitrogens with zero attached hydrogens (tertiary/aromatic N) is 2. The average molecular weight is 365 g/mol. The van der Waals surface area contributed by atoms with E-state index in [0.717, 1.165) is 11.3 Å². The molecule has 0 aliphatic carbocycles. The van der Waals surface area contributed by atoms with Crippen molar-refractivity contribution in [2.75, 3.05) is 20.2 Å². The summed E-state index contributed by atoms with van der Waals surface area (Å²) < 4.78 is 39.0. The molecule has 2 rings (SSSR count). The van der Waals surface area contributed by atoms with Crippen LogP contribution in [-0.4, -0.2) is 37.9 Å². The third-order valence-electron chi connectivity index (χ3n) is 3.59. The Balaban J connectivity index is 2.03. The maximum absolute atomic E-state index is 12.2. The standard InChI is InChI=1S/C17H23N3O4S/c1-4-20(5-2)25(21,22)19-13-14-10-11-18-17(12-14)24-16-8-6-15(23-3)7-9-16/h6-12,19H,4-5,13H2,1-3H3. The normalized spacial score (nSPS) is 11.5. The lowest BCUT2D eigenvalue weighted by molar-refractivity contribution is 0.412. The van der Waals surface area contributed by atoms with Crippen LogP contribution in [0.2, 0.25) is 0 Å². The third kappa shape index (κ3) is 5.42. The Bertz CT molecular complexity index is 775. The molecule has 0 amide bonds. The van der Waals surface area contributed by atoms with Crippen LogP contribution < -0.4 is 14.2 Å². The van der Waals surface area contributed by atoms with Gasteiger partial charge < -0.3 is 9.47 Å². The quantitative estimate of drug-likeness (QED) is 0.739. The summed E-state index contributed by atoms with van der Waals surface area (Å²) in [5.41, 5.74) is 0.759. The number of pyridine rings is 1. The fourth-order valence-corrected chi connectivity index (χ4v) is 3.42. The van der Waals surface area contributed by atoms with Crippen molar-refractivity contribution < 1.29 is 17.9 Å². The highest BCUT2D eigenvalue weighted by Crippen LogP contribution is 2.22. The molecule has 0 aliphatic heterocycles. The number of hydrogen-bond donors (Lipinski definition) is 1. The molecule has 1 aromatic carbocycles. The van der Waals surface area contributed by atoms with Crippen molar-refractivity contribution in [3.8, 4) is 17.4 Å². The minimum Gasteiger partial charge on any atom is -0.497 e. The van der Waals surface area contributed by atoms with Crippen LogP contribution in [0.25, 0.3) is 0 Å². The zero-order valence-electron chi connectivity index (χ0n) is 14.6. The minimum absolute atomic E-state index is 0.167. The molecule has 0 atom stereocenters. The number of nitrogens with one attached hydrogen (secondary N) is 1. The summed E-state index contributed by atoms with van der Waals surface area (Å²) in [7, 11) is -1.89. The van der Waals surface area contributed by atoms with Crippen molar-refractivity contribution in [1.29, 1.82) is 0 Å². The molecule has 1 heterocycles. The van der Waals surface area contributed by atoms with Crippen molar-refractivity contribution in [3.05, 3.63) is 48.2 Å². The van der Waals surface area contributed by atoms with Crippen molar-refractivity contribution in [2.24, 2.45) is 0 Å². The van der Waals surface area contributed by atoms with Crippen LogP contribution in [0.1, 0.15) is 19.4 Å². The highest BCUT2D eigenvalue weighted by Gasteiger charge is 2.17. The van der Waals surface area contributed by atoms with Gasteiger partial charge in [-0.15, -0.1) is 0 Å². The Morgan fingerprint density at radius 2 is 1.72 bits per heavy atom. The molecule has 1 aromatic heterocycles. The zero-order valence-corrected chi connectivity index (χ0v) is 15.4. The summed E-state index contributed by atoms with van der Waals surface area (Å²) in [6.45, 7) is 4.62. The Labute approximate surface area is 148 Å². The highest BCUT2D eigenvalue weighted by molar-refractivity contribution is 7.87. The fourth-order valence-electron chi connectivity index (χ4n) is 2.21. The summed E-state index contributed by atoms with van der Waals surface area (Å²) >= 11 is 0. The number of ether oxygens (including phenoxy) is 2. The topological polar surface area (TPSA) is 80.8 Å². The van der Waals surface area contributed by atoms with Crippen LogP contribution >= 0.6 is 0 Å². The third-order valence-corrected chi connectivity index (χ3v) is 5.29. The molecule has 136 valence electrons. The first-order chi connectivity index (χ1) is 12.0. The molecule has 0 spiro atoms. The van der Waals surface area contributed by atoms with Gasteiger partial charge in [-0.3, -0.25) is 0 Å². The fraction of sp³-hybridized carbons (Fsp3) is 0.353. The number of aromatic nitrogens is 1. The van der Waals surface area contributed by atoms with Crippen LogP contribution in [-0.2, 0) is 16.8 Å². The Hall–Kier alpha value is -2.16. The van der Waals surface area contributed by atoms with Gasteiger partial charge in [0.2, 0.25) is 5.88 Å². The van der Waals surface area contributed by atoms with Gasteiger partial charge in [-0.25, -0.2) is 4.98 Å². The first kappa shape index (κ1) is 19.2. The van der Waals surface area contributed by atoms with Gasteiger partial charge in [-0.2, -0.15) is 17.4 Å². The van der Waals surface area contributed by atoms with Crippen LogP contribution in [0.4, 0.5) is 0 Å². The van der Waals surface area contributed by atoms with E-state index >= 15 is 0 Å². The van der Waals surface area contributed by atoms with Crippen molar-refractivity contribution in [2.45, 2.75) is 20.4 Å². The predicted molar refractivity (Wildman–Crippen MR) is 96.0 cm³/mol. The van der Waals surface area contributed by atoms with Gasteiger partial charge in [-0.05, 0) is 35.9 Å². The lowest BCUT2D eigenvalue weighted by atomic mass is 10.3. The minimum atomic E-state index is -3.49. The molecule has 0 fully saturated rings. The number of rotatable bonds is 9. The van der Waals surface area contributed by atoms with Gasteiger partial charge >= 0.3 is 0 Å². The van der Waals surface area contributed by atoms with Crippen molar-refractivity contribution >= 4 is 10.2 Å². The first-order valence-electron chi connectivity index (χ1n) is 8.00. The van der Waals surface area contributed by atoms with Crippen LogP contribution in [0.5, 0.6) is 17.4 Å². The van der Waals surface area contributed by atoms with E-state index < -0.39 is 10.2 Å². The van der Waals surface area contributed by atoms with Crippen molar-refractivity contribution in [1.82, 2.24) is 14.0 Å². The van der Waals surface area contributed by atoms with E-state index in [0.29, 0.717) is 24.7 Å².